The summed E-state index contributed by atoms with van der Waals surface area (Å²) in [4.78, 5) is 48.6. The zero-order chi connectivity index (χ0) is 30.5. The van der Waals surface area contributed by atoms with Crippen molar-refractivity contribution < 1.29 is 33.4 Å². The van der Waals surface area contributed by atoms with Gasteiger partial charge in [-0.1, -0.05) is 69.2 Å². The number of ether oxygens (including phenoxy) is 3. The largest absolute Gasteiger partial charge is 0.490 e. The van der Waals surface area contributed by atoms with Crippen LogP contribution in [0.1, 0.15) is 60.8 Å². The average molecular weight is 580 g/mol. The Kier molecular flexibility index (Phi) is 14.3. The van der Waals surface area contributed by atoms with Crippen LogP contribution in [-0.4, -0.2) is 49.2 Å². The number of rotatable bonds is 13. The Morgan fingerprint density at radius 1 is 1.23 bits per heavy atom. The summed E-state index contributed by atoms with van der Waals surface area (Å²) in [6.45, 7) is 11.0. The second-order valence-electron chi connectivity index (χ2n) is 10.6. The molecule has 3 amide bonds. The number of hydrogen-bond acceptors (Lipinski definition) is 7. The smallest absolute Gasteiger partial charge is 0.404 e. The van der Waals surface area contributed by atoms with Crippen molar-refractivity contribution in [3.05, 3.63) is 59.0 Å². The van der Waals surface area contributed by atoms with Gasteiger partial charge in [-0.15, -0.1) is 0 Å². The summed E-state index contributed by atoms with van der Waals surface area (Å²) in [6, 6.07) is -0.833. The lowest BCUT2D eigenvalue weighted by atomic mass is 9.86. The molecule has 0 aliphatic carbocycles. The Morgan fingerprint density at radius 3 is 2.45 bits per heavy atom. The van der Waals surface area contributed by atoms with Gasteiger partial charge in [0.25, 0.3) is 0 Å². The van der Waals surface area contributed by atoms with Crippen LogP contribution < -0.4 is 16.4 Å². The molecule has 1 aliphatic rings. The molecule has 0 aromatic carbocycles. The number of carbonyl (C=O) groups excluding carboxylic acids is 4. The van der Waals surface area contributed by atoms with Gasteiger partial charge in [0.1, 0.15) is 18.2 Å². The number of amides is 3. The molecule has 40 heavy (non-hydrogen) atoms. The van der Waals surface area contributed by atoms with E-state index in [1.54, 1.807) is 31.2 Å². The van der Waals surface area contributed by atoms with Gasteiger partial charge in [0.05, 0.1) is 7.11 Å². The standard InChI is InChI=1S/C29H42ClN3O7/c1-18(17-19(2)22-13-14-23(38-7)27(36)40-22)10-15-24(34)33-25(29(4,5)6)26(35)32-16-8-9-21(39-28(31)37)12-11-20(3)30/h8,10-11,14-17,19,21-22,25H,9,12-13H2,1-7H3,(H2,31,37)(H,32,35)(H,33,34)/b15-10-,16-8-,18-17+,20-11+/t19-,21+,22-,25+/m0/s1. The van der Waals surface area contributed by atoms with Gasteiger partial charge in [-0.05, 0) is 31.5 Å². The van der Waals surface area contributed by atoms with Crippen LogP contribution in [0.15, 0.2) is 59.0 Å². The van der Waals surface area contributed by atoms with Crippen LogP contribution in [0.3, 0.4) is 0 Å². The minimum atomic E-state index is -0.901. The predicted molar refractivity (Wildman–Crippen MR) is 154 cm³/mol. The van der Waals surface area contributed by atoms with Crippen LogP contribution in [-0.2, 0) is 28.6 Å². The van der Waals surface area contributed by atoms with E-state index in [0.717, 1.165) is 5.57 Å². The molecular formula is C29H42ClN3O7. The van der Waals surface area contributed by atoms with Crippen molar-refractivity contribution in [3.8, 4) is 0 Å². The molecule has 11 heteroatoms. The monoisotopic (exact) mass is 579 g/mol. The van der Waals surface area contributed by atoms with Gasteiger partial charge in [0.2, 0.25) is 11.8 Å². The minimum Gasteiger partial charge on any atom is -0.490 e. The van der Waals surface area contributed by atoms with E-state index in [-0.39, 0.29) is 17.8 Å². The van der Waals surface area contributed by atoms with Crippen molar-refractivity contribution in [2.24, 2.45) is 17.1 Å². The third kappa shape index (κ3) is 13.0. The summed E-state index contributed by atoms with van der Waals surface area (Å²) < 4.78 is 15.4. The number of halogens is 1. The van der Waals surface area contributed by atoms with Gasteiger partial charge >= 0.3 is 12.1 Å². The second-order valence-corrected chi connectivity index (χ2v) is 11.2. The summed E-state index contributed by atoms with van der Waals surface area (Å²) in [7, 11) is 1.42. The third-order valence-corrected chi connectivity index (χ3v) is 6.08. The summed E-state index contributed by atoms with van der Waals surface area (Å²) in [5.41, 5.74) is 5.33. The molecule has 1 heterocycles. The Morgan fingerprint density at radius 2 is 1.90 bits per heavy atom. The third-order valence-electron chi connectivity index (χ3n) is 5.93. The van der Waals surface area contributed by atoms with Crippen LogP contribution in [0.4, 0.5) is 4.79 Å². The van der Waals surface area contributed by atoms with Crippen molar-refractivity contribution in [1.82, 2.24) is 10.6 Å². The number of allylic oxidation sites excluding steroid dienone is 3. The molecule has 4 N–H and O–H groups in total. The van der Waals surface area contributed by atoms with E-state index in [4.69, 9.17) is 31.5 Å². The zero-order valence-corrected chi connectivity index (χ0v) is 25.0. The maximum Gasteiger partial charge on any atom is 0.404 e. The fraction of sp³-hybridized carbons (Fsp3) is 0.517. The summed E-state index contributed by atoms with van der Waals surface area (Å²) in [5.74, 6) is -1.23. The molecule has 0 saturated heterocycles. The molecule has 0 unspecified atom stereocenters. The van der Waals surface area contributed by atoms with Crippen molar-refractivity contribution in [1.29, 1.82) is 0 Å². The number of methoxy groups -OCH3 is 1. The van der Waals surface area contributed by atoms with E-state index in [2.05, 4.69) is 10.6 Å². The van der Waals surface area contributed by atoms with Crippen LogP contribution in [0, 0.1) is 11.3 Å². The van der Waals surface area contributed by atoms with Gasteiger partial charge in [-0.25, -0.2) is 9.59 Å². The number of esters is 1. The van der Waals surface area contributed by atoms with Gasteiger partial charge in [-0.2, -0.15) is 0 Å². The first-order valence-corrected chi connectivity index (χ1v) is 13.4. The highest BCUT2D eigenvalue weighted by Gasteiger charge is 2.32. The number of nitrogens with one attached hydrogen (secondary N) is 2. The van der Waals surface area contributed by atoms with Gasteiger partial charge < -0.3 is 30.6 Å². The van der Waals surface area contributed by atoms with E-state index < -0.39 is 41.4 Å². The molecule has 0 fully saturated rings. The Bertz CT molecular complexity index is 1070. The summed E-state index contributed by atoms with van der Waals surface area (Å²) in [6.07, 6.45) is 10.8. The number of carbonyl (C=O) groups is 4. The number of primary amides is 1. The molecule has 0 aromatic rings. The van der Waals surface area contributed by atoms with Crippen LogP contribution in [0.5, 0.6) is 0 Å². The lowest BCUT2D eigenvalue weighted by molar-refractivity contribution is -0.151. The van der Waals surface area contributed by atoms with Crippen molar-refractivity contribution in [2.45, 2.75) is 79.1 Å². The molecule has 0 bridgehead atoms. The molecule has 0 spiro atoms. The number of nitrogens with two attached hydrogens (primary N) is 1. The van der Waals surface area contributed by atoms with Crippen molar-refractivity contribution in [2.75, 3.05) is 7.11 Å². The van der Waals surface area contributed by atoms with Gasteiger partial charge in [0, 0.05) is 36.3 Å². The summed E-state index contributed by atoms with van der Waals surface area (Å²) in [5, 5.41) is 5.98. The fourth-order valence-electron chi connectivity index (χ4n) is 3.78. The zero-order valence-electron chi connectivity index (χ0n) is 24.3. The molecule has 222 valence electrons. The highest BCUT2D eigenvalue weighted by Crippen LogP contribution is 2.23. The van der Waals surface area contributed by atoms with E-state index in [1.807, 2.05) is 40.7 Å². The molecule has 4 atom stereocenters. The Balaban J connectivity index is 2.76. The number of cyclic esters (lactones) is 1. The molecule has 10 nitrogen and oxygen atoms in total. The minimum absolute atomic E-state index is 0.0887. The van der Waals surface area contributed by atoms with Gasteiger partial charge in [-0.3, -0.25) is 9.59 Å². The van der Waals surface area contributed by atoms with E-state index >= 15 is 0 Å². The van der Waals surface area contributed by atoms with E-state index in [0.29, 0.717) is 24.3 Å². The maximum absolute atomic E-state index is 12.9. The molecule has 0 aromatic heterocycles. The quantitative estimate of drug-likeness (QED) is 0.165. The summed E-state index contributed by atoms with van der Waals surface area (Å²) >= 11 is 5.84. The highest BCUT2D eigenvalue weighted by atomic mass is 35.5. The normalized spacial score (nSPS) is 18.9. The average Bonchev–Trinajstić information content (AvgIpc) is 2.85. The SMILES string of the molecule is COC1=CC[C@@H]([C@@H](C)/C=C(C)/C=C\C(=O)N[C@H](C(=O)N/C=C\C[C@H](C/C=C(\C)Cl)OC(N)=O)C(C)(C)C)OC1=O. The first kappa shape index (κ1) is 34.5. The predicted octanol–water partition coefficient (Wildman–Crippen LogP) is 4.52. The first-order valence-electron chi connectivity index (χ1n) is 13.0. The van der Waals surface area contributed by atoms with Crippen LogP contribution >= 0.6 is 11.6 Å². The molecular weight excluding hydrogens is 538 g/mol. The lowest BCUT2D eigenvalue weighted by Gasteiger charge is -2.29. The van der Waals surface area contributed by atoms with Gasteiger partial charge in [0.15, 0.2) is 5.76 Å². The Hall–Kier alpha value is -3.53. The second kappa shape index (κ2) is 16.5. The number of hydrogen-bond donors (Lipinski definition) is 3. The van der Waals surface area contributed by atoms with E-state index in [1.165, 1.54) is 19.4 Å². The van der Waals surface area contributed by atoms with Crippen LogP contribution in [0.25, 0.3) is 0 Å². The fourth-order valence-corrected chi connectivity index (χ4v) is 3.87. The van der Waals surface area contributed by atoms with E-state index in [9.17, 15) is 19.2 Å². The highest BCUT2D eigenvalue weighted by molar-refractivity contribution is 6.29. The Labute approximate surface area is 241 Å². The lowest BCUT2D eigenvalue weighted by Crippen LogP contribution is -2.52. The topological polar surface area (TPSA) is 146 Å². The van der Waals surface area contributed by atoms with Crippen molar-refractivity contribution >= 4 is 35.5 Å². The molecule has 0 saturated carbocycles. The molecule has 0 radical (unpaired) electrons. The van der Waals surface area contributed by atoms with Crippen molar-refractivity contribution in [3.63, 3.8) is 0 Å². The first-order chi connectivity index (χ1) is 18.6. The molecule has 1 rings (SSSR count). The molecule has 1 aliphatic heterocycles. The maximum atomic E-state index is 12.9. The van der Waals surface area contributed by atoms with Crippen LogP contribution in [0.2, 0.25) is 0 Å².